The molecule has 7 aromatic carbocycles. The Morgan fingerprint density at radius 1 is 0.385 bits per heavy atom. The molecule has 0 spiro atoms. The highest BCUT2D eigenvalue weighted by molar-refractivity contribution is 6.07. The Labute approximate surface area is 305 Å². The lowest BCUT2D eigenvalue weighted by molar-refractivity contribution is 0.403. The monoisotopic (exact) mass is 667 g/mol. The number of nitrogens with zero attached hydrogens (tertiary/aromatic N) is 1. The van der Waals surface area contributed by atoms with Crippen LogP contribution < -0.4 is 4.74 Å². The summed E-state index contributed by atoms with van der Waals surface area (Å²) in [5.41, 5.74) is 16.1. The summed E-state index contributed by atoms with van der Waals surface area (Å²) in [6.45, 7) is 4.50. The smallest absolute Gasteiger partial charge is 0.223 e. The molecule has 2 heteroatoms. The summed E-state index contributed by atoms with van der Waals surface area (Å²) in [6, 6.07) is 65.3. The predicted molar refractivity (Wildman–Crippen MR) is 215 cm³/mol. The summed E-state index contributed by atoms with van der Waals surface area (Å²) < 4.78 is 6.59. The maximum atomic E-state index is 6.59. The molecule has 2 nitrogen and oxygen atoms in total. The summed E-state index contributed by atoms with van der Waals surface area (Å²) in [5, 5.41) is 0. The molecular formula is C50H37NO. The normalized spacial score (nSPS) is 12.7. The SMILES string of the molecule is CC1(C)c2cccnc2Oc2c(-c3ccc(-c4c(-c5ccccc5)c(-c5ccccc5)cc(-c5ccccc5)c4-c4ccccc4)cc3)cccc21. The van der Waals surface area contributed by atoms with E-state index in [0.29, 0.717) is 5.88 Å². The number of benzene rings is 7. The van der Waals surface area contributed by atoms with Gasteiger partial charge in [-0.1, -0.05) is 184 Å². The Kier molecular flexibility index (Phi) is 7.86. The Hall–Kier alpha value is -6.51. The molecule has 0 aliphatic carbocycles. The lowest BCUT2D eigenvalue weighted by Crippen LogP contribution is -2.25. The minimum atomic E-state index is -0.242. The van der Waals surface area contributed by atoms with Crippen LogP contribution in [-0.4, -0.2) is 4.98 Å². The van der Waals surface area contributed by atoms with Crippen LogP contribution in [0.4, 0.5) is 0 Å². The first-order chi connectivity index (χ1) is 25.6. The molecule has 0 saturated heterocycles. The summed E-state index contributed by atoms with van der Waals surface area (Å²) in [5.74, 6) is 1.55. The maximum Gasteiger partial charge on any atom is 0.223 e. The van der Waals surface area contributed by atoms with Crippen molar-refractivity contribution in [3.8, 4) is 78.4 Å². The third-order valence-corrected chi connectivity index (χ3v) is 10.4. The number of aromatic nitrogens is 1. The van der Waals surface area contributed by atoms with Gasteiger partial charge in [0.15, 0.2) is 0 Å². The molecule has 248 valence electrons. The van der Waals surface area contributed by atoms with Gasteiger partial charge in [0.05, 0.1) is 0 Å². The van der Waals surface area contributed by atoms with Crippen molar-refractivity contribution in [2.45, 2.75) is 19.3 Å². The standard InChI is InChI=1S/C50H37NO/c1-50(2)43-26-15-25-40(48(43)52-49-44(50)27-16-32-51-49)36-28-30-39(31-29-36)47-45(37-21-11-5-12-22-37)41(34-17-7-3-8-18-34)33-42(35-19-9-4-10-20-35)46(47)38-23-13-6-14-24-38/h3-33H,1-2H3. The molecule has 0 bridgehead atoms. The summed E-state index contributed by atoms with van der Waals surface area (Å²) in [4.78, 5) is 4.62. The highest BCUT2D eigenvalue weighted by Gasteiger charge is 2.36. The number of ether oxygens (including phenoxy) is 1. The number of pyridine rings is 1. The second-order valence-corrected chi connectivity index (χ2v) is 13.9. The lowest BCUT2D eigenvalue weighted by atomic mass is 9.75. The molecular weight excluding hydrogens is 631 g/mol. The highest BCUT2D eigenvalue weighted by atomic mass is 16.5. The molecule has 9 rings (SSSR count). The molecule has 0 saturated carbocycles. The van der Waals surface area contributed by atoms with E-state index < -0.39 is 0 Å². The van der Waals surface area contributed by atoms with Crippen molar-refractivity contribution in [2.24, 2.45) is 0 Å². The third-order valence-electron chi connectivity index (χ3n) is 10.4. The highest BCUT2D eigenvalue weighted by Crippen LogP contribution is 2.52. The van der Waals surface area contributed by atoms with Gasteiger partial charge in [0, 0.05) is 28.3 Å². The first-order valence-corrected chi connectivity index (χ1v) is 17.9. The van der Waals surface area contributed by atoms with Crippen molar-refractivity contribution in [3.63, 3.8) is 0 Å². The zero-order chi connectivity index (χ0) is 35.1. The van der Waals surface area contributed by atoms with Crippen molar-refractivity contribution in [2.75, 3.05) is 0 Å². The van der Waals surface area contributed by atoms with E-state index in [1.54, 1.807) is 6.20 Å². The van der Waals surface area contributed by atoms with Crippen LogP contribution in [0.3, 0.4) is 0 Å². The van der Waals surface area contributed by atoms with Crippen molar-refractivity contribution < 1.29 is 4.74 Å². The largest absolute Gasteiger partial charge is 0.438 e. The van der Waals surface area contributed by atoms with E-state index in [2.05, 4.69) is 195 Å². The van der Waals surface area contributed by atoms with Gasteiger partial charge >= 0.3 is 0 Å². The van der Waals surface area contributed by atoms with Crippen LogP contribution in [0.5, 0.6) is 11.6 Å². The fourth-order valence-corrected chi connectivity index (χ4v) is 7.84. The topological polar surface area (TPSA) is 22.1 Å². The Morgan fingerprint density at radius 2 is 0.827 bits per heavy atom. The lowest BCUT2D eigenvalue weighted by Gasteiger charge is -2.34. The van der Waals surface area contributed by atoms with Crippen LogP contribution in [0, 0.1) is 0 Å². The van der Waals surface area contributed by atoms with Gasteiger partial charge in [-0.3, -0.25) is 0 Å². The van der Waals surface area contributed by atoms with E-state index in [1.807, 2.05) is 6.07 Å². The summed E-state index contributed by atoms with van der Waals surface area (Å²) in [6.07, 6.45) is 1.80. The molecule has 0 atom stereocenters. The molecule has 52 heavy (non-hydrogen) atoms. The van der Waals surface area contributed by atoms with E-state index >= 15 is 0 Å². The van der Waals surface area contributed by atoms with Gasteiger partial charge in [-0.25, -0.2) is 4.98 Å². The molecule has 0 fully saturated rings. The number of rotatable bonds is 6. The van der Waals surface area contributed by atoms with E-state index in [0.717, 1.165) is 33.6 Å². The number of fused-ring (bicyclic) bond motifs is 2. The maximum absolute atomic E-state index is 6.59. The van der Waals surface area contributed by atoms with E-state index in [4.69, 9.17) is 4.74 Å². The van der Waals surface area contributed by atoms with Crippen LogP contribution >= 0.6 is 0 Å². The van der Waals surface area contributed by atoms with Crippen LogP contribution in [0.25, 0.3) is 66.8 Å². The average Bonchev–Trinajstić information content (AvgIpc) is 3.21. The van der Waals surface area contributed by atoms with Crippen molar-refractivity contribution >= 4 is 0 Å². The molecule has 1 aliphatic rings. The van der Waals surface area contributed by atoms with E-state index in [9.17, 15) is 0 Å². The van der Waals surface area contributed by atoms with Crippen molar-refractivity contribution in [1.29, 1.82) is 0 Å². The number of hydrogen-bond donors (Lipinski definition) is 0. The number of para-hydroxylation sites is 1. The Morgan fingerprint density at radius 3 is 1.37 bits per heavy atom. The molecule has 8 aromatic rings. The first-order valence-electron chi connectivity index (χ1n) is 17.9. The molecule has 0 radical (unpaired) electrons. The minimum absolute atomic E-state index is 0.242. The molecule has 2 heterocycles. The van der Waals surface area contributed by atoms with Crippen LogP contribution in [0.1, 0.15) is 25.0 Å². The average molecular weight is 668 g/mol. The molecule has 0 unspecified atom stereocenters. The van der Waals surface area contributed by atoms with Crippen LogP contribution in [-0.2, 0) is 5.41 Å². The first kappa shape index (κ1) is 31.5. The van der Waals surface area contributed by atoms with Gasteiger partial charge in [0.1, 0.15) is 5.75 Å². The summed E-state index contributed by atoms with van der Waals surface area (Å²) in [7, 11) is 0. The van der Waals surface area contributed by atoms with Gasteiger partial charge in [-0.05, 0) is 73.3 Å². The number of hydrogen-bond acceptors (Lipinski definition) is 2. The van der Waals surface area contributed by atoms with Crippen LogP contribution in [0.2, 0.25) is 0 Å². The van der Waals surface area contributed by atoms with Gasteiger partial charge in [-0.15, -0.1) is 0 Å². The molecule has 1 aliphatic heterocycles. The van der Waals surface area contributed by atoms with Gasteiger partial charge in [0.25, 0.3) is 0 Å². The molecule has 1 aromatic heterocycles. The van der Waals surface area contributed by atoms with E-state index in [1.165, 1.54) is 50.1 Å². The third kappa shape index (κ3) is 5.41. The van der Waals surface area contributed by atoms with Gasteiger partial charge in [-0.2, -0.15) is 0 Å². The second-order valence-electron chi connectivity index (χ2n) is 13.9. The van der Waals surface area contributed by atoms with Gasteiger partial charge < -0.3 is 4.74 Å². The quantitative estimate of drug-likeness (QED) is 0.176. The zero-order valence-corrected chi connectivity index (χ0v) is 29.3. The van der Waals surface area contributed by atoms with Crippen molar-refractivity contribution in [1.82, 2.24) is 4.98 Å². The Bertz CT molecular complexity index is 2420. The fraction of sp³-hybridized carbons (Fsp3) is 0.0600. The minimum Gasteiger partial charge on any atom is -0.438 e. The molecule has 0 N–H and O–H groups in total. The fourth-order valence-electron chi connectivity index (χ4n) is 7.84. The zero-order valence-electron chi connectivity index (χ0n) is 29.3. The summed E-state index contributed by atoms with van der Waals surface area (Å²) >= 11 is 0. The van der Waals surface area contributed by atoms with Crippen molar-refractivity contribution in [3.05, 3.63) is 199 Å². The van der Waals surface area contributed by atoms with E-state index in [-0.39, 0.29) is 5.41 Å². The van der Waals surface area contributed by atoms with Crippen LogP contribution in [0.15, 0.2) is 188 Å². The second kappa shape index (κ2) is 13.0. The predicted octanol–water partition coefficient (Wildman–Crippen LogP) is 13.5. The Balaban J connectivity index is 1.31. The van der Waals surface area contributed by atoms with Gasteiger partial charge in [0.2, 0.25) is 5.88 Å². The molecule has 0 amide bonds.